The lowest BCUT2D eigenvalue weighted by molar-refractivity contribution is -0.673. The van der Waals surface area contributed by atoms with Crippen molar-refractivity contribution in [3.05, 3.63) is 75.2 Å². The van der Waals surface area contributed by atoms with Crippen molar-refractivity contribution in [1.82, 2.24) is 4.57 Å². The largest absolute Gasteiger partial charge is 0.344 e. The molecule has 4 rings (SSSR count). The van der Waals surface area contributed by atoms with E-state index < -0.39 is 20.2 Å². The van der Waals surface area contributed by atoms with Crippen LogP contribution in [-0.4, -0.2) is 48.6 Å². The van der Waals surface area contributed by atoms with Crippen LogP contribution in [0.2, 0.25) is 10.0 Å². The maximum Gasteiger partial charge on any atom is 0.282 e. The molecular formula is C29H36Cl2N3O6S2+. The molecule has 0 radical (unpaired) electrons. The highest BCUT2D eigenvalue weighted by Gasteiger charge is 2.39. The molecule has 0 saturated carbocycles. The molecule has 228 valence electrons. The van der Waals surface area contributed by atoms with Crippen LogP contribution in [0.4, 0.5) is 5.69 Å². The molecule has 2 N–H and O–H groups in total. The van der Waals surface area contributed by atoms with Crippen LogP contribution in [-0.2, 0) is 38.7 Å². The Kier molecular flexibility index (Phi) is 9.52. The van der Waals surface area contributed by atoms with Gasteiger partial charge in [-0.05, 0) is 38.0 Å². The Morgan fingerprint density at radius 1 is 0.976 bits per heavy atom. The number of allylic oxidation sites excluding steroid dienone is 3. The van der Waals surface area contributed by atoms with Crippen molar-refractivity contribution in [2.45, 2.75) is 59.0 Å². The zero-order valence-electron chi connectivity index (χ0n) is 24.0. The first-order chi connectivity index (χ1) is 19.5. The van der Waals surface area contributed by atoms with E-state index in [-0.39, 0.29) is 29.8 Å². The molecule has 2 heterocycles. The van der Waals surface area contributed by atoms with Crippen LogP contribution in [0.3, 0.4) is 0 Å². The average molecular weight is 658 g/mol. The molecule has 13 heteroatoms. The summed E-state index contributed by atoms with van der Waals surface area (Å²) in [5.74, 6) is 0.0807. The van der Waals surface area contributed by atoms with Crippen LogP contribution < -0.4 is 9.47 Å². The monoisotopic (exact) mass is 656 g/mol. The van der Waals surface area contributed by atoms with Gasteiger partial charge in [0.05, 0.1) is 34.6 Å². The molecule has 0 unspecified atom stereocenters. The fourth-order valence-corrected chi connectivity index (χ4v) is 6.97. The highest BCUT2D eigenvalue weighted by Crippen LogP contribution is 2.48. The van der Waals surface area contributed by atoms with Gasteiger partial charge in [-0.3, -0.25) is 9.11 Å². The number of halogens is 2. The van der Waals surface area contributed by atoms with Crippen molar-refractivity contribution in [3.8, 4) is 0 Å². The second-order valence-corrected chi connectivity index (χ2v) is 15.0. The summed E-state index contributed by atoms with van der Waals surface area (Å²) >= 11 is 12.7. The molecule has 3 aromatic rings. The van der Waals surface area contributed by atoms with E-state index in [0.29, 0.717) is 29.7 Å². The summed E-state index contributed by atoms with van der Waals surface area (Å²) in [5.41, 5.74) is 5.44. The molecule has 0 fully saturated rings. The lowest BCUT2D eigenvalue weighted by Crippen LogP contribution is -2.37. The van der Waals surface area contributed by atoms with E-state index in [4.69, 9.17) is 23.2 Å². The second-order valence-electron chi connectivity index (χ2n) is 11.0. The van der Waals surface area contributed by atoms with Crippen LogP contribution >= 0.6 is 23.2 Å². The van der Waals surface area contributed by atoms with Gasteiger partial charge in [-0.25, -0.2) is 9.13 Å². The molecule has 0 aliphatic carbocycles. The topological polar surface area (TPSA) is 121 Å². The highest BCUT2D eigenvalue weighted by molar-refractivity contribution is 7.86. The Hall–Kier alpha value is -2.41. The lowest BCUT2D eigenvalue weighted by atomic mass is 9.83. The maximum atomic E-state index is 11.4. The normalized spacial score (nSPS) is 16.3. The van der Waals surface area contributed by atoms with Crippen molar-refractivity contribution in [3.63, 3.8) is 0 Å². The second kappa shape index (κ2) is 12.3. The van der Waals surface area contributed by atoms with Crippen LogP contribution in [0.25, 0.3) is 17.1 Å². The van der Waals surface area contributed by atoms with Crippen molar-refractivity contribution < 1.29 is 30.5 Å². The molecule has 0 spiro atoms. The predicted molar refractivity (Wildman–Crippen MR) is 169 cm³/mol. The van der Waals surface area contributed by atoms with Gasteiger partial charge >= 0.3 is 0 Å². The number of imidazole rings is 1. The van der Waals surface area contributed by atoms with E-state index in [9.17, 15) is 25.9 Å². The van der Waals surface area contributed by atoms with Gasteiger partial charge in [-0.1, -0.05) is 60.8 Å². The van der Waals surface area contributed by atoms with Crippen LogP contribution in [0.5, 0.6) is 0 Å². The summed E-state index contributed by atoms with van der Waals surface area (Å²) in [6, 6.07) is 9.74. The molecule has 0 amide bonds. The van der Waals surface area contributed by atoms with E-state index >= 15 is 0 Å². The summed E-state index contributed by atoms with van der Waals surface area (Å²) in [5, 5.41) is 0.778. The van der Waals surface area contributed by atoms with Crippen molar-refractivity contribution >= 4 is 66.2 Å². The Balaban J connectivity index is 1.79. The quantitative estimate of drug-likeness (QED) is 0.197. The lowest BCUT2D eigenvalue weighted by Gasteiger charge is -2.27. The number of hydrogen-bond donors (Lipinski definition) is 2. The molecule has 1 aromatic heterocycles. The fraction of sp³-hybridized carbons (Fsp3) is 0.414. The number of nitrogens with zero attached hydrogens (tertiary/aromatic N) is 3. The first kappa shape index (κ1) is 32.5. The third kappa shape index (κ3) is 7.03. The van der Waals surface area contributed by atoms with Crippen LogP contribution in [0.15, 0.2) is 48.2 Å². The number of hydrogen-bond acceptors (Lipinski definition) is 5. The summed E-state index contributed by atoms with van der Waals surface area (Å²) in [4.78, 5) is 2.10. The molecule has 1 aliphatic rings. The summed E-state index contributed by atoms with van der Waals surface area (Å²) < 4.78 is 68.3. The fourth-order valence-electron chi connectivity index (χ4n) is 5.66. The number of aryl methyl sites for hydroxylation is 3. The van der Waals surface area contributed by atoms with Gasteiger partial charge in [0.1, 0.15) is 0 Å². The Labute approximate surface area is 257 Å². The number of aromatic nitrogens is 2. The first-order valence-electron chi connectivity index (χ1n) is 13.6. The van der Waals surface area contributed by atoms with Crippen LogP contribution in [0, 0.1) is 6.92 Å². The zero-order chi connectivity index (χ0) is 31.0. The molecule has 2 aromatic carbocycles. The molecule has 9 nitrogen and oxygen atoms in total. The van der Waals surface area contributed by atoms with E-state index in [1.807, 2.05) is 48.8 Å². The van der Waals surface area contributed by atoms with Crippen LogP contribution in [0.1, 0.15) is 50.6 Å². The summed E-state index contributed by atoms with van der Waals surface area (Å²) in [6.45, 7) is 9.59. The van der Waals surface area contributed by atoms with Crippen molar-refractivity contribution in [1.29, 1.82) is 0 Å². The van der Waals surface area contributed by atoms with Gasteiger partial charge < -0.3 is 4.90 Å². The van der Waals surface area contributed by atoms with Gasteiger partial charge in [0.25, 0.3) is 26.1 Å². The average Bonchev–Trinajstić information content (AvgIpc) is 3.25. The van der Waals surface area contributed by atoms with E-state index in [1.54, 1.807) is 12.1 Å². The Bertz CT molecular complexity index is 1800. The minimum atomic E-state index is -4.12. The molecule has 0 saturated heterocycles. The summed E-state index contributed by atoms with van der Waals surface area (Å²) in [7, 11) is -8.21. The Morgan fingerprint density at radius 3 is 2.26 bits per heavy atom. The van der Waals surface area contributed by atoms with E-state index in [1.165, 1.54) is 0 Å². The number of rotatable bonds is 11. The SMILES string of the molecule is CCn1c(C=CC=C2N(CCCS(=O)(=O)O)c3ccc(C)cc3C2(C)C)[n+](CCCS(=O)(=O)O)c2cc(Cl)c(Cl)cc21. The predicted octanol–water partition coefficient (Wildman–Crippen LogP) is 5.81. The molecule has 0 atom stereocenters. The first-order valence-corrected chi connectivity index (χ1v) is 17.6. The highest BCUT2D eigenvalue weighted by atomic mass is 35.5. The van der Waals surface area contributed by atoms with E-state index in [0.717, 1.165) is 39.4 Å². The van der Waals surface area contributed by atoms with Gasteiger partial charge in [0.2, 0.25) is 0 Å². The van der Waals surface area contributed by atoms with Crippen molar-refractivity contribution in [2.24, 2.45) is 0 Å². The minimum Gasteiger partial charge on any atom is -0.344 e. The molecule has 0 bridgehead atoms. The number of benzene rings is 2. The smallest absolute Gasteiger partial charge is 0.282 e. The van der Waals surface area contributed by atoms with E-state index in [2.05, 4.69) is 29.4 Å². The van der Waals surface area contributed by atoms with Gasteiger partial charge in [-0.2, -0.15) is 16.8 Å². The molecular weight excluding hydrogens is 621 g/mol. The third-order valence-corrected chi connectivity index (χ3v) is 9.91. The summed E-state index contributed by atoms with van der Waals surface area (Å²) in [6.07, 6.45) is 6.31. The standard InChI is InChI=1S/C29H35Cl2N3O6S2/c1-5-32-25-18-22(30)23(31)19-26(25)34(14-8-16-42(38,39)40)28(32)10-6-9-27-29(3,4)21-17-20(2)11-12-24(21)33(27)13-7-15-41(35,36)37/h6,9-12,17-19H,5,7-8,13-16H2,1-4H3,(H-,35,36,37,38,39,40)/p+1. The number of anilines is 1. The molecule has 42 heavy (non-hydrogen) atoms. The molecule has 1 aliphatic heterocycles. The van der Waals surface area contributed by atoms with Gasteiger partial charge in [-0.15, -0.1) is 0 Å². The Morgan fingerprint density at radius 2 is 1.62 bits per heavy atom. The minimum absolute atomic E-state index is 0.192. The van der Waals surface area contributed by atoms with Gasteiger partial charge in [0.15, 0.2) is 11.0 Å². The zero-order valence-corrected chi connectivity index (χ0v) is 27.2. The maximum absolute atomic E-state index is 11.4. The van der Waals surface area contributed by atoms with Crippen molar-refractivity contribution in [2.75, 3.05) is 23.0 Å². The number of fused-ring (bicyclic) bond motifs is 2. The third-order valence-electron chi connectivity index (χ3n) is 7.58. The van der Waals surface area contributed by atoms with Gasteiger partial charge in [0, 0.05) is 48.0 Å².